The molecule has 1 rings (SSSR count). The minimum Gasteiger partial charge on any atom is -0.361 e. The molecule has 0 fully saturated rings. The fourth-order valence-electron chi connectivity index (χ4n) is 1.79. The summed E-state index contributed by atoms with van der Waals surface area (Å²) >= 11 is 0. The zero-order valence-corrected chi connectivity index (χ0v) is 10.3. The molecule has 0 unspecified atom stereocenters. The highest BCUT2D eigenvalue weighted by Gasteiger charge is 1.99. The van der Waals surface area contributed by atoms with Gasteiger partial charge in [0.15, 0.2) is 0 Å². The molecule has 3 nitrogen and oxygen atoms in total. The summed E-state index contributed by atoms with van der Waals surface area (Å²) in [7, 11) is 0. The van der Waals surface area contributed by atoms with Crippen LogP contribution in [0.25, 0.3) is 12.2 Å². The SMILES string of the molecule is C/C=c1/c(CCNC(C)=O)c[nH]/c1=C/CC. The van der Waals surface area contributed by atoms with E-state index in [4.69, 9.17) is 0 Å². The lowest BCUT2D eigenvalue weighted by atomic mass is 10.2. The van der Waals surface area contributed by atoms with Crippen molar-refractivity contribution in [1.82, 2.24) is 10.3 Å². The van der Waals surface area contributed by atoms with Crippen molar-refractivity contribution in [3.63, 3.8) is 0 Å². The van der Waals surface area contributed by atoms with Gasteiger partial charge in [-0.2, -0.15) is 0 Å². The molecule has 88 valence electrons. The van der Waals surface area contributed by atoms with E-state index in [1.165, 1.54) is 16.1 Å². The number of nitrogens with one attached hydrogen (secondary N) is 2. The highest BCUT2D eigenvalue weighted by Crippen LogP contribution is 1.88. The third-order valence-corrected chi connectivity index (χ3v) is 2.50. The number of aromatic nitrogens is 1. The number of rotatable bonds is 4. The Balaban J connectivity index is 2.82. The summed E-state index contributed by atoms with van der Waals surface area (Å²) < 4.78 is 0. The van der Waals surface area contributed by atoms with E-state index in [-0.39, 0.29) is 5.91 Å². The van der Waals surface area contributed by atoms with Crippen molar-refractivity contribution in [3.8, 4) is 0 Å². The van der Waals surface area contributed by atoms with Crippen molar-refractivity contribution >= 4 is 18.1 Å². The van der Waals surface area contributed by atoms with Crippen LogP contribution in [-0.4, -0.2) is 17.4 Å². The number of carbonyl (C=O) groups excluding carboxylic acids is 1. The van der Waals surface area contributed by atoms with Crippen LogP contribution in [0.2, 0.25) is 0 Å². The van der Waals surface area contributed by atoms with Gasteiger partial charge >= 0.3 is 0 Å². The molecular weight excluding hydrogens is 200 g/mol. The first-order valence-electron chi connectivity index (χ1n) is 5.76. The van der Waals surface area contributed by atoms with Crippen LogP contribution in [0, 0.1) is 0 Å². The summed E-state index contributed by atoms with van der Waals surface area (Å²) in [5.74, 6) is 0.0258. The van der Waals surface area contributed by atoms with E-state index < -0.39 is 0 Å². The maximum absolute atomic E-state index is 10.8. The summed E-state index contributed by atoms with van der Waals surface area (Å²) in [6.45, 7) is 6.40. The van der Waals surface area contributed by atoms with E-state index in [9.17, 15) is 4.79 Å². The van der Waals surface area contributed by atoms with Gasteiger partial charge in [0.1, 0.15) is 0 Å². The van der Waals surface area contributed by atoms with E-state index in [1.54, 1.807) is 6.92 Å². The van der Waals surface area contributed by atoms with Crippen LogP contribution in [-0.2, 0) is 11.2 Å². The van der Waals surface area contributed by atoms with Gasteiger partial charge in [0.2, 0.25) is 5.91 Å². The molecule has 0 spiro atoms. The standard InChI is InChI=1S/C13H20N2O/c1-4-6-13-12(5-2)11(9-15-13)7-8-14-10(3)16/h5-6,9,15H,4,7-8H2,1-3H3,(H,14,16)/b12-5-,13-6+. The van der Waals surface area contributed by atoms with E-state index in [1.807, 2.05) is 13.1 Å². The van der Waals surface area contributed by atoms with Crippen LogP contribution >= 0.6 is 0 Å². The van der Waals surface area contributed by atoms with Gasteiger partial charge in [0.25, 0.3) is 0 Å². The van der Waals surface area contributed by atoms with E-state index in [0.717, 1.165) is 12.8 Å². The van der Waals surface area contributed by atoms with Gasteiger partial charge in [-0.15, -0.1) is 0 Å². The average Bonchev–Trinajstić information content (AvgIpc) is 2.61. The molecule has 16 heavy (non-hydrogen) atoms. The van der Waals surface area contributed by atoms with Crippen LogP contribution < -0.4 is 15.9 Å². The predicted molar refractivity (Wildman–Crippen MR) is 67.3 cm³/mol. The molecular formula is C13H20N2O. The molecule has 0 saturated carbocycles. The van der Waals surface area contributed by atoms with Gasteiger partial charge in [-0.25, -0.2) is 0 Å². The molecule has 1 aromatic heterocycles. The van der Waals surface area contributed by atoms with Crippen molar-refractivity contribution in [2.24, 2.45) is 0 Å². The van der Waals surface area contributed by atoms with Crippen molar-refractivity contribution in [2.75, 3.05) is 6.54 Å². The van der Waals surface area contributed by atoms with E-state index >= 15 is 0 Å². The van der Waals surface area contributed by atoms with Gasteiger partial charge in [-0.05, 0) is 30.5 Å². The number of hydrogen-bond acceptors (Lipinski definition) is 1. The minimum absolute atomic E-state index is 0.0258. The highest BCUT2D eigenvalue weighted by atomic mass is 16.1. The first-order chi connectivity index (χ1) is 7.69. The predicted octanol–water partition coefficient (Wildman–Crippen LogP) is 0.684. The first kappa shape index (κ1) is 12.6. The summed E-state index contributed by atoms with van der Waals surface area (Å²) in [5.41, 5.74) is 1.26. The lowest BCUT2D eigenvalue weighted by Crippen LogP contribution is -2.28. The Labute approximate surface area is 96.3 Å². The van der Waals surface area contributed by atoms with E-state index in [0.29, 0.717) is 6.54 Å². The molecule has 3 heteroatoms. The molecule has 0 saturated heterocycles. The lowest BCUT2D eigenvalue weighted by Gasteiger charge is -1.99. The Kier molecular flexibility index (Phi) is 4.83. The smallest absolute Gasteiger partial charge is 0.216 e. The summed E-state index contributed by atoms with van der Waals surface area (Å²) in [5, 5.41) is 5.25. The molecule has 1 aromatic rings. The number of aromatic amines is 1. The fourth-order valence-corrected chi connectivity index (χ4v) is 1.79. The molecule has 0 aliphatic heterocycles. The number of carbonyl (C=O) groups is 1. The minimum atomic E-state index is 0.0258. The van der Waals surface area contributed by atoms with Crippen molar-refractivity contribution in [2.45, 2.75) is 33.6 Å². The Hall–Kier alpha value is -1.51. The second-order valence-corrected chi connectivity index (χ2v) is 3.78. The molecule has 0 aliphatic rings. The van der Waals surface area contributed by atoms with Gasteiger partial charge in [0.05, 0.1) is 0 Å². The summed E-state index contributed by atoms with van der Waals surface area (Å²) in [6.07, 6.45) is 8.21. The number of hydrogen-bond donors (Lipinski definition) is 2. The highest BCUT2D eigenvalue weighted by molar-refractivity contribution is 5.72. The Bertz CT molecular complexity index is 457. The Morgan fingerprint density at radius 3 is 2.88 bits per heavy atom. The zero-order valence-electron chi connectivity index (χ0n) is 10.3. The molecule has 0 aliphatic carbocycles. The summed E-state index contributed by atoms with van der Waals surface area (Å²) in [4.78, 5) is 14.0. The molecule has 2 N–H and O–H groups in total. The van der Waals surface area contributed by atoms with Crippen molar-refractivity contribution in [1.29, 1.82) is 0 Å². The van der Waals surface area contributed by atoms with Crippen molar-refractivity contribution < 1.29 is 4.79 Å². The molecule has 1 amide bonds. The third kappa shape index (κ3) is 3.26. The average molecular weight is 220 g/mol. The Morgan fingerprint density at radius 2 is 2.31 bits per heavy atom. The van der Waals surface area contributed by atoms with Crippen LogP contribution in [0.4, 0.5) is 0 Å². The second-order valence-electron chi connectivity index (χ2n) is 3.78. The molecule has 0 aromatic carbocycles. The van der Waals surface area contributed by atoms with Crippen LogP contribution in [0.3, 0.4) is 0 Å². The van der Waals surface area contributed by atoms with E-state index in [2.05, 4.69) is 29.4 Å². The summed E-state index contributed by atoms with van der Waals surface area (Å²) in [6, 6.07) is 0. The van der Waals surface area contributed by atoms with Crippen LogP contribution in [0.1, 0.15) is 32.8 Å². The third-order valence-electron chi connectivity index (χ3n) is 2.50. The van der Waals surface area contributed by atoms with Gasteiger partial charge in [0, 0.05) is 25.0 Å². The molecule has 0 atom stereocenters. The van der Waals surface area contributed by atoms with Crippen molar-refractivity contribution in [3.05, 3.63) is 22.3 Å². The monoisotopic (exact) mass is 220 g/mol. The largest absolute Gasteiger partial charge is 0.361 e. The van der Waals surface area contributed by atoms with Crippen LogP contribution in [0.5, 0.6) is 0 Å². The molecule has 1 heterocycles. The zero-order chi connectivity index (χ0) is 12.0. The van der Waals surface area contributed by atoms with Gasteiger partial charge < -0.3 is 10.3 Å². The normalized spacial score (nSPS) is 13.2. The maximum Gasteiger partial charge on any atom is 0.216 e. The van der Waals surface area contributed by atoms with Gasteiger partial charge in [-0.3, -0.25) is 4.79 Å². The molecule has 0 bridgehead atoms. The quantitative estimate of drug-likeness (QED) is 0.770. The molecule has 0 radical (unpaired) electrons. The maximum atomic E-state index is 10.8. The fraction of sp³-hybridized carbons (Fsp3) is 0.462. The second kappa shape index (κ2) is 6.16. The first-order valence-corrected chi connectivity index (χ1v) is 5.76. The van der Waals surface area contributed by atoms with Gasteiger partial charge in [-0.1, -0.05) is 19.1 Å². The topological polar surface area (TPSA) is 44.9 Å². The lowest BCUT2D eigenvalue weighted by molar-refractivity contribution is -0.118. The number of H-pyrrole nitrogens is 1. The Morgan fingerprint density at radius 1 is 1.56 bits per heavy atom. The van der Waals surface area contributed by atoms with Crippen LogP contribution in [0.15, 0.2) is 6.20 Å². The number of amides is 1.